The van der Waals surface area contributed by atoms with Crippen molar-refractivity contribution in [3.8, 4) is 0 Å². The second-order valence-electron chi connectivity index (χ2n) is 9.61. The predicted molar refractivity (Wildman–Crippen MR) is 146 cm³/mol. The molecule has 1 fully saturated rings. The summed E-state index contributed by atoms with van der Waals surface area (Å²) < 4.78 is 17.8. The fraction of sp³-hybridized carbons (Fsp3) is 0.467. The van der Waals surface area contributed by atoms with Crippen LogP contribution in [0.4, 0.5) is 5.69 Å². The second-order valence-corrected chi connectivity index (χ2v) is 9.61. The Hall–Kier alpha value is -3.56. The Bertz CT molecular complexity index is 1130. The highest BCUT2D eigenvalue weighted by atomic mass is 16.6. The van der Waals surface area contributed by atoms with Gasteiger partial charge in [-0.3, -0.25) is 10.1 Å². The van der Waals surface area contributed by atoms with Gasteiger partial charge in [0.15, 0.2) is 0 Å². The molecule has 1 aliphatic rings. The molecule has 0 bridgehead atoms. The minimum absolute atomic E-state index is 0.00181. The van der Waals surface area contributed by atoms with E-state index in [2.05, 4.69) is 6.92 Å². The Labute approximate surface area is 228 Å². The molecule has 3 rings (SSSR count). The minimum atomic E-state index is -1.16. The van der Waals surface area contributed by atoms with Crippen LogP contribution >= 0.6 is 0 Å². The van der Waals surface area contributed by atoms with Crippen LogP contribution in [0, 0.1) is 10.1 Å². The lowest BCUT2D eigenvalue weighted by molar-refractivity contribution is -0.384. The molecule has 0 saturated carbocycles. The zero-order chi connectivity index (χ0) is 28.2. The lowest BCUT2D eigenvalue weighted by Crippen LogP contribution is -2.29. The number of nitro benzene ring substituents is 1. The number of aromatic carboxylic acids is 1. The van der Waals surface area contributed by atoms with E-state index in [4.69, 9.17) is 14.2 Å². The topological polar surface area (TPSA) is 125 Å². The average Bonchev–Trinajstić information content (AvgIpc) is 3.34. The molecule has 9 heteroatoms. The van der Waals surface area contributed by atoms with E-state index in [0.717, 1.165) is 31.2 Å². The number of non-ortho nitro benzene ring substituents is 1. The van der Waals surface area contributed by atoms with Crippen LogP contribution in [0.15, 0.2) is 60.7 Å². The van der Waals surface area contributed by atoms with Crippen molar-refractivity contribution >= 4 is 17.6 Å². The van der Waals surface area contributed by atoms with Crippen molar-refractivity contribution in [3.63, 3.8) is 0 Å². The number of nitro groups is 1. The van der Waals surface area contributed by atoms with Crippen molar-refractivity contribution in [2.24, 2.45) is 0 Å². The third kappa shape index (κ3) is 8.73. The number of hydrogen-bond donors (Lipinski definition) is 1. The predicted octanol–water partition coefficient (Wildman–Crippen LogP) is 6.21. The smallest absolute Gasteiger partial charge is 0.335 e. The number of benzene rings is 2. The summed E-state index contributed by atoms with van der Waals surface area (Å²) in [7, 11) is 0. The van der Waals surface area contributed by atoms with E-state index in [1.54, 1.807) is 13.0 Å². The quantitative estimate of drug-likeness (QED) is 0.0931. The molecule has 1 saturated heterocycles. The Morgan fingerprint density at radius 2 is 1.95 bits per heavy atom. The zero-order valence-corrected chi connectivity index (χ0v) is 22.5. The van der Waals surface area contributed by atoms with Crippen molar-refractivity contribution in [3.05, 3.63) is 87.5 Å². The van der Waals surface area contributed by atoms with Crippen LogP contribution in [0.1, 0.15) is 79.8 Å². The number of carboxylic acid groups (broad SMARTS) is 1. The molecule has 3 unspecified atom stereocenters. The SMILES string of the molecule is CCCCC[C@@H](OCc1ccccc1)C1CC(c2cc([N+](=O)[O-])ccc2C(=O)O)C(C/C=C/C(=O)OCC)O1. The van der Waals surface area contributed by atoms with Crippen LogP contribution in [0.3, 0.4) is 0 Å². The number of unbranched alkanes of at least 4 members (excludes halogenated alkanes) is 2. The molecule has 2 aromatic carbocycles. The lowest BCUT2D eigenvalue weighted by atomic mass is 9.85. The third-order valence-electron chi connectivity index (χ3n) is 6.88. The molecule has 9 nitrogen and oxygen atoms in total. The van der Waals surface area contributed by atoms with Crippen LogP contribution in [-0.2, 0) is 25.6 Å². The maximum atomic E-state index is 12.1. The van der Waals surface area contributed by atoms with Gasteiger partial charge in [0.25, 0.3) is 5.69 Å². The molecule has 210 valence electrons. The van der Waals surface area contributed by atoms with Gasteiger partial charge in [0.2, 0.25) is 0 Å². The van der Waals surface area contributed by atoms with Crippen molar-refractivity contribution in [2.45, 2.75) is 83.2 Å². The molecule has 39 heavy (non-hydrogen) atoms. The van der Waals surface area contributed by atoms with Gasteiger partial charge in [0.1, 0.15) is 0 Å². The highest BCUT2D eigenvalue weighted by Gasteiger charge is 2.41. The largest absolute Gasteiger partial charge is 0.478 e. The van der Waals surface area contributed by atoms with E-state index < -0.39 is 28.9 Å². The maximum absolute atomic E-state index is 12.1. The lowest BCUT2D eigenvalue weighted by Gasteiger charge is -2.24. The van der Waals surface area contributed by atoms with E-state index in [1.807, 2.05) is 30.3 Å². The van der Waals surface area contributed by atoms with Gasteiger partial charge in [-0.1, -0.05) is 62.6 Å². The molecule has 0 radical (unpaired) electrons. The van der Waals surface area contributed by atoms with Crippen molar-refractivity contribution in [1.29, 1.82) is 0 Å². The molecule has 1 heterocycles. The number of rotatable bonds is 15. The van der Waals surface area contributed by atoms with Gasteiger partial charge in [-0.2, -0.15) is 0 Å². The van der Waals surface area contributed by atoms with Crippen molar-refractivity contribution in [2.75, 3.05) is 6.61 Å². The Balaban J connectivity index is 1.91. The van der Waals surface area contributed by atoms with Gasteiger partial charge in [0, 0.05) is 24.1 Å². The molecule has 2 aromatic rings. The number of carboxylic acids is 1. The summed E-state index contributed by atoms with van der Waals surface area (Å²) in [6.45, 7) is 4.51. The fourth-order valence-electron chi connectivity index (χ4n) is 4.97. The highest BCUT2D eigenvalue weighted by Crippen LogP contribution is 2.42. The number of hydrogen-bond acceptors (Lipinski definition) is 7. The monoisotopic (exact) mass is 539 g/mol. The Kier molecular flexibility index (Phi) is 11.6. The molecule has 0 amide bonds. The molecule has 0 aromatic heterocycles. The summed E-state index contributed by atoms with van der Waals surface area (Å²) in [4.78, 5) is 34.9. The first-order valence-corrected chi connectivity index (χ1v) is 13.5. The molecule has 0 spiro atoms. The number of ether oxygens (including phenoxy) is 3. The second kappa shape index (κ2) is 15.1. The van der Waals surface area contributed by atoms with Gasteiger partial charge in [-0.15, -0.1) is 0 Å². The van der Waals surface area contributed by atoms with Crippen molar-refractivity contribution in [1.82, 2.24) is 0 Å². The summed E-state index contributed by atoms with van der Waals surface area (Å²) in [5, 5.41) is 21.4. The first kappa shape index (κ1) is 30.0. The third-order valence-corrected chi connectivity index (χ3v) is 6.88. The number of nitrogens with zero attached hydrogens (tertiary/aromatic N) is 1. The number of esters is 1. The first-order chi connectivity index (χ1) is 18.8. The summed E-state index contributed by atoms with van der Waals surface area (Å²) in [5.41, 5.74) is 1.21. The molecule has 4 atom stereocenters. The average molecular weight is 540 g/mol. The van der Waals surface area contributed by atoms with Gasteiger partial charge in [-0.25, -0.2) is 9.59 Å². The Morgan fingerprint density at radius 3 is 2.62 bits per heavy atom. The summed E-state index contributed by atoms with van der Waals surface area (Å²) in [6.07, 6.45) is 6.43. The molecular formula is C30H37NO8. The maximum Gasteiger partial charge on any atom is 0.335 e. The van der Waals surface area contributed by atoms with E-state index in [-0.39, 0.29) is 30.1 Å². The van der Waals surface area contributed by atoms with Gasteiger partial charge in [-0.05, 0) is 43.4 Å². The van der Waals surface area contributed by atoms with Gasteiger partial charge >= 0.3 is 11.9 Å². The fourth-order valence-corrected chi connectivity index (χ4v) is 4.97. The highest BCUT2D eigenvalue weighted by molar-refractivity contribution is 5.90. The summed E-state index contributed by atoms with van der Waals surface area (Å²) >= 11 is 0. The Morgan fingerprint density at radius 1 is 1.18 bits per heavy atom. The van der Waals surface area contributed by atoms with Crippen LogP contribution in [0.5, 0.6) is 0 Å². The van der Waals surface area contributed by atoms with Crippen LogP contribution < -0.4 is 0 Å². The standard InChI is InChI=1S/C30H37NO8/c1-3-5-7-13-27(38-20-21-11-8-6-9-12-21)28-19-25(26(39-28)14-10-15-29(32)37-4-2)24-18-22(31(35)36)16-17-23(24)30(33)34/h6,8-12,15-18,25-28H,3-5,7,13-14,19-20H2,1-2H3,(H,33,34)/b15-10+/t25?,26?,27-,28?/m1/s1. The van der Waals surface area contributed by atoms with E-state index in [9.17, 15) is 24.8 Å². The zero-order valence-electron chi connectivity index (χ0n) is 22.5. The summed E-state index contributed by atoms with van der Waals surface area (Å²) in [6, 6.07) is 13.6. The van der Waals surface area contributed by atoms with E-state index in [1.165, 1.54) is 24.3 Å². The first-order valence-electron chi connectivity index (χ1n) is 13.5. The minimum Gasteiger partial charge on any atom is -0.478 e. The number of carbonyl (C=O) groups excluding carboxylic acids is 1. The molecular weight excluding hydrogens is 502 g/mol. The molecule has 0 aliphatic carbocycles. The van der Waals surface area contributed by atoms with Gasteiger partial charge in [0.05, 0.1) is 42.0 Å². The van der Waals surface area contributed by atoms with Gasteiger partial charge < -0.3 is 19.3 Å². The number of carbonyl (C=O) groups is 2. The van der Waals surface area contributed by atoms with E-state index in [0.29, 0.717) is 25.0 Å². The van der Waals surface area contributed by atoms with Crippen LogP contribution in [-0.4, -0.2) is 46.9 Å². The molecule has 1 N–H and O–H groups in total. The van der Waals surface area contributed by atoms with E-state index >= 15 is 0 Å². The van der Waals surface area contributed by atoms with Crippen LogP contribution in [0.25, 0.3) is 0 Å². The normalized spacial score (nSPS) is 19.7. The van der Waals surface area contributed by atoms with Crippen LogP contribution in [0.2, 0.25) is 0 Å². The summed E-state index contributed by atoms with van der Waals surface area (Å²) in [5.74, 6) is -2.08. The van der Waals surface area contributed by atoms with Crippen molar-refractivity contribution < 1.29 is 33.8 Å². The molecule has 1 aliphatic heterocycles.